The van der Waals surface area contributed by atoms with E-state index in [0.717, 1.165) is 38.0 Å². The van der Waals surface area contributed by atoms with Crippen molar-refractivity contribution in [3.8, 4) is 0 Å². The van der Waals surface area contributed by atoms with Gasteiger partial charge in [-0.25, -0.2) is 8.78 Å². The van der Waals surface area contributed by atoms with Crippen LogP contribution in [0.2, 0.25) is 0 Å². The minimum Gasteiger partial charge on any atom is -0.314 e. The van der Waals surface area contributed by atoms with Gasteiger partial charge < -0.3 is 5.32 Å². The molecule has 1 aromatic carbocycles. The number of nitrogens with zero attached hydrogens (tertiary/aromatic N) is 1. The zero-order valence-corrected chi connectivity index (χ0v) is 12.3. The van der Waals surface area contributed by atoms with Gasteiger partial charge in [0, 0.05) is 19.1 Å². The van der Waals surface area contributed by atoms with Gasteiger partial charge in [-0.05, 0) is 43.1 Å². The van der Waals surface area contributed by atoms with Crippen LogP contribution in [0.3, 0.4) is 0 Å². The van der Waals surface area contributed by atoms with Gasteiger partial charge in [-0.15, -0.1) is 0 Å². The van der Waals surface area contributed by atoms with Crippen molar-refractivity contribution < 1.29 is 8.78 Å². The Morgan fingerprint density at radius 2 is 2.05 bits per heavy atom. The quantitative estimate of drug-likeness (QED) is 0.892. The molecule has 4 heteroatoms. The van der Waals surface area contributed by atoms with Crippen molar-refractivity contribution in [1.29, 1.82) is 0 Å². The number of benzene rings is 1. The summed E-state index contributed by atoms with van der Waals surface area (Å²) < 4.78 is 26.2. The Morgan fingerprint density at radius 3 is 2.70 bits per heavy atom. The third kappa shape index (κ3) is 3.76. The highest BCUT2D eigenvalue weighted by Crippen LogP contribution is 2.22. The van der Waals surface area contributed by atoms with E-state index in [-0.39, 0.29) is 0 Å². The van der Waals surface area contributed by atoms with Gasteiger partial charge in [-0.1, -0.05) is 26.3 Å². The van der Waals surface area contributed by atoms with Crippen LogP contribution < -0.4 is 5.32 Å². The molecule has 0 radical (unpaired) electrons. The molecular weight excluding hydrogens is 258 g/mol. The Balaban J connectivity index is 1.95. The van der Waals surface area contributed by atoms with Crippen LogP contribution in [0.5, 0.6) is 0 Å². The largest absolute Gasteiger partial charge is 0.314 e. The molecule has 0 aliphatic carbocycles. The molecule has 0 aromatic heterocycles. The van der Waals surface area contributed by atoms with E-state index in [4.69, 9.17) is 0 Å². The van der Waals surface area contributed by atoms with Crippen molar-refractivity contribution in [3.05, 3.63) is 35.4 Å². The van der Waals surface area contributed by atoms with E-state index in [9.17, 15) is 8.78 Å². The fourth-order valence-corrected chi connectivity index (χ4v) is 3.09. The molecule has 0 bridgehead atoms. The van der Waals surface area contributed by atoms with Gasteiger partial charge in [-0.2, -0.15) is 0 Å². The molecule has 1 aromatic rings. The molecule has 20 heavy (non-hydrogen) atoms. The van der Waals surface area contributed by atoms with E-state index in [0.29, 0.717) is 18.5 Å². The molecule has 2 unspecified atom stereocenters. The molecule has 1 N–H and O–H groups in total. The standard InChI is InChI=1S/C16H24F2N2/c1-3-13-11-20(8-7-16(13)19-4-2)10-12-5-6-14(17)15(18)9-12/h5-6,9,13,16,19H,3-4,7-8,10-11H2,1-2H3. The number of hydrogen-bond acceptors (Lipinski definition) is 2. The van der Waals surface area contributed by atoms with Crippen LogP contribution in [0.15, 0.2) is 18.2 Å². The van der Waals surface area contributed by atoms with Crippen molar-refractivity contribution in [3.63, 3.8) is 0 Å². The number of nitrogens with one attached hydrogen (secondary N) is 1. The highest BCUT2D eigenvalue weighted by molar-refractivity contribution is 5.17. The summed E-state index contributed by atoms with van der Waals surface area (Å²) in [5.74, 6) is -0.892. The molecule has 2 nitrogen and oxygen atoms in total. The maximum atomic E-state index is 13.2. The molecular formula is C16H24F2N2. The highest BCUT2D eigenvalue weighted by atomic mass is 19.2. The lowest BCUT2D eigenvalue weighted by Crippen LogP contribution is -2.48. The normalized spacial score (nSPS) is 24.0. The summed E-state index contributed by atoms with van der Waals surface area (Å²) in [6, 6.07) is 4.79. The van der Waals surface area contributed by atoms with E-state index < -0.39 is 11.6 Å². The summed E-state index contributed by atoms with van der Waals surface area (Å²) in [6.45, 7) is 8.09. The second-order valence-corrected chi connectivity index (χ2v) is 5.60. The summed E-state index contributed by atoms with van der Waals surface area (Å²) in [5.41, 5.74) is 0.848. The molecule has 0 amide bonds. The first-order chi connectivity index (χ1) is 9.63. The van der Waals surface area contributed by atoms with Gasteiger partial charge in [0.15, 0.2) is 11.6 Å². The van der Waals surface area contributed by atoms with Gasteiger partial charge in [0.05, 0.1) is 0 Å². The van der Waals surface area contributed by atoms with Crippen LogP contribution in [0.1, 0.15) is 32.3 Å². The number of piperidine rings is 1. The second-order valence-electron chi connectivity index (χ2n) is 5.60. The lowest BCUT2D eigenvalue weighted by molar-refractivity contribution is 0.129. The van der Waals surface area contributed by atoms with Crippen LogP contribution in [-0.4, -0.2) is 30.6 Å². The molecule has 0 saturated carbocycles. The Labute approximate surface area is 120 Å². The summed E-state index contributed by atoms with van der Waals surface area (Å²) in [6.07, 6.45) is 2.27. The van der Waals surface area contributed by atoms with Crippen molar-refractivity contribution in [1.82, 2.24) is 10.2 Å². The number of halogens is 2. The van der Waals surface area contributed by atoms with Crippen molar-refractivity contribution in [2.24, 2.45) is 5.92 Å². The van der Waals surface area contributed by atoms with Gasteiger partial charge in [0.1, 0.15) is 0 Å². The second kappa shape index (κ2) is 7.14. The predicted molar refractivity (Wildman–Crippen MR) is 77.5 cm³/mol. The third-order valence-corrected chi connectivity index (χ3v) is 4.20. The fourth-order valence-electron chi connectivity index (χ4n) is 3.09. The fraction of sp³-hybridized carbons (Fsp3) is 0.625. The summed E-state index contributed by atoms with van der Waals surface area (Å²) >= 11 is 0. The summed E-state index contributed by atoms with van der Waals surface area (Å²) in [7, 11) is 0. The Bertz CT molecular complexity index is 436. The molecule has 2 rings (SSSR count). The minimum absolute atomic E-state index is 0.589. The van der Waals surface area contributed by atoms with Crippen LogP contribution in [0, 0.1) is 17.6 Å². The van der Waals surface area contributed by atoms with Crippen molar-refractivity contribution in [2.75, 3.05) is 19.6 Å². The van der Waals surface area contributed by atoms with Crippen LogP contribution in [-0.2, 0) is 6.54 Å². The summed E-state index contributed by atoms with van der Waals surface area (Å²) in [5, 5.41) is 3.55. The lowest BCUT2D eigenvalue weighted by Gasteiger charge is -2.38. The van der Waals surface area contributed by atoms with E-state index in [2.05, 4.69) is 24.1 Å². The number of hydrogen-bond donors (Lipinski definition) is 1. The maximum absolute atomic E-state index is 13.2. The zero-order valence-electron chi connectivity index (χ0n) is 12.3. The average molecular weight is 282 g/mol. The van der Waals surface area contributed by atoms with Crippen molar-refractivity contribution >= 4 is 0 Å². The number of rotatable bonds is 5. The number of likely N-dealkylation sites (tertiary alicyclic amines) is 1. The van der Waals surface area contributed by atoms with Gasteiger partial charge in [0.25, 0.3) is 0 Å². The molecule has 1 heterocycles. The summed E-state index contributed by atoms with van der Waals surface area (Å²) in [4.78, 5) is 2.34. The first-order valence-electron chi connectivity index (χ1n) is 7.53. The average Bonchev–Trinajstić information content (AvgIpc) is 2.45. The maximum Gasteiger partial charge on any atom is 0.159 e. The van der Waals surface area contributed by atoms with Crippen LogP contribution in [0.25, 0.3) is 0 Å². The molecule has 112 valence electrons. The molecule has 1 saturated heterocycles. The monoisotopic (exact) mass is 282 g/mol. The Morgan fingerprint density at radius 1 is 1.25 bits per heavy atom. The molecule has 1 aliphatic heterocycles. The molecule has 1 aliphatic rings. The molecule has 2 atom stereocenters. The van der Waals surface area contributed by atoms with E-state index in [1.54, 1.807) is 6.07 Å². The van der Waals surface area contributed by atoms with Crippen LogP contribution >= 0.6 is 0 Å². The lowest BCUT2D eigenvalue weighted by atomic mass is 9.89. The Kier molecular flexibility index (Phi) is 5.49. The van der Waals surface area contributed by atoms with Crippen LogP contribution in [0.4, 0.5) is 8.78 Å². The smallest absolute Gasteiger partial charge is 0.159 e. The van der Waals surface area contributed by atoms with Gasteiger partial charge >= 0.3 is 0 Å². The first kappa shape index (κ1) is 15.4. The van der Waals surface area contributed by atoms with Gasteiger partial charge in [-0.3, -0.25) is 4.90 Å². The molecule has 0 spiro atoms. The first-order valence-corrected chi connectivity index (χ1v) is 7.53. The van der Waals surface area contributed by atoms with E-state index in [1.807, 2.05) is 0 Å². The topological polar surface area (TPSA) is 15.3 Å². The Hall–Kier alpha value is -1.00. The van der Waals surface area contributed by atoms with E-state index >= 15 is 0 Å². The van der Waals surface area contributed by atoms with Gasteiger partial charge in [0.2, 0.25) is 0 Å². The minimum atomic E-state index is -0.772. The SMILES string of the molecule is CCNC1CCN(Cc2ccc(F)c(F)c2)CC1CC. The van der Waals surface area contributed by atoms with Crippen molar-refractivity contribution in [2.45, 2.75) is 39.3 Å². The predicted octanol–water partition coefficient (Wildman–Crippen LogP) is 3.17. The highest BCUT2D eigenvalue weighted by Gasteiger charge is 2.27. The molecule has 1 fully saturated rings. The van der Waals surface area contributed by atoms with E-state index in [1.165, 1.54) is 12.1 Å². The third-order valence-electron chi connectivity index (χ3n) is 4.20. The zero-order chi connectivity index (χ0) is 14.5.